The molecule has 2 nitrogen and oxygen atoms in total. The third-order valence-corrected chi connectivity index (χ3v) is 12.1. The zero-order valence-electron chi connectivity index (χ0n) is 28.2. The van der Waals surface area contributed by atoms with Gasteiger partial charge in [0.25, 0.3) is 0 Å². The molecule has 10 aromatic rings. The Morgan fingerprint density at radius 3 is 1.58 bits per heavy atom. The molecular weight excluding hydrogens is 669 g/mol. The quantitative estimate of drug-likeness (QED) is 0.163. The van der Waals surface area contributed by atoms with Crippen molar-refractivity contribution in [1.82, 2.24) is 0 Å². The Labute approximate surface area is 310 Å². The van der Waals surface area contributed by atoms with Gasteiger partial charge in [-0.2, -0.15) is 0 Å². The van der Waals surface area contributed by atoms with Gasteiger partial charge in [0.2, 0.25) is 0 Å². The second-order valence-corrected chi connectivity index (χ2v) is 15.1. The van der Waals surface area contributed by atoms with E-state index in [0.717, 1.165) is 28.4 Å². The van der Waals surface area contributed by atoms with Gasteiger partial charge in [-0.05, 0) is 96.1 Å². The summed E-state index contributed by atoms with van der Waals surface area (Å²) < 4.78 is 5.15. The first-order chi connectivity index (χ1) is 25.8. The predicted octanol–water partition coefficient (Wildman–Crippen LogP) is 15.0. The first kappa shape index (κ1) is 30.6. The van der Waals surface area contributed by atoms with Gasteiger partial charge in [-0.1, -0.05) is 109 Å². The average molecular weight is 701 g/mol. The van der Waals surface area contributed by atoms with E-state index in [4.69, 9.17) is 0 Å². The van der Waals surface area contributed by atoms with Crippen molar-refractivity contribution in [3.63, 3.8) is 0 Å². The molecule has 0 aliphatic carbocycles. The first-order valence-corrected chi connectivity index (χ1v) is 19.1. The van der Waals surface area contributed by atoms with Gasteiger partial charge >= 0.3 is 0 Å². The largest absolute Gasteiger partial charge is 0.310 e. The summed E-state index contributed by atoms with van der Waals surface area (Å²) in [5, 5.41) is 5.12. The number of nitrogens with zero attached hydrogens (tertiary/aromatic N) is 2. The van der Waals surface area contributed by atoms with Gasteiger partial charge < -0.3 is 9.80 Å². The molecule has 0 fully saturated rings. The third-order valence-electron chi connectivity index (χ3n) is 9.84. The summed E-state index contributed by atoms with van der Waals surface area (Å²) in [7, 11) is 0. The predicted molar refractivity (Wildman–Crippen MR) is 227 cm³/mol. The van der Waals surface area contributed by atoms with Crippen LogP contribution >= 0.6 is 22.7 Å². The van der Waals surface area contributed by atoms with Crippen molar-refractivity contribution in [2.24, 2.45) is 0 Å². The summed E-state index contributed by atoms with van der Waals surface area (Å²) in [6.45, 7) is 0. The number of thiophene rings is 2. The molecule has 0 aliphatic rings. The number of rotatable bonds is 7. The van der Waals surface area contributed by atoms with Crippen molar-refractivity contribution in [3.05, 3.63) is 194 Å². The van der Waals surface area contributed by atoms with Crippen LogP contribution in [0.5, 0.6) is 0 Å². The number of para-hydroxylation sites is 2. The van der Waals surface area contributed by atoms with E-state index >= 15 is 0 Å². The van der Waals surface area contributed by atoms with Gasteiger partial charge in [0.15, 0.2) is 0 Å². The molecule has 0 radical (unpaired) electrons. The molecule has 0 spiro atoms. The number of fused-ring (bicyclic) bond motifs is 6. The maximum absolute atomic E-state index is 2.45. The fourth-order valence-electron chi connectivity index (χ4n) is 7.44. The first-order valence-electron chi connectivity index (χ1n) is 17.5. The highest BCUT2D eigenvalue weighted by atomic mass is 32.1. The second-order valence-electron chi connectivity index (χ2n) is 13.0. The van der Waals surface area contributed by atoms with E-state index in [1.54, 1.807) is 0 Å². The van der Waals surface area contributed by atoms with Gasteiger partial charge in [-0.3, -0.25) is 0 Å². The lowest BCUT2D eigenvalue weighted by Crippen LogP contribution is -2.10. The second kappa shape index (κ2) is 12.8. The minimum atomic E-state index is 1.13. The molecule has 0 bridgehead atoms. The molecule has 0 unspecified atom stereocenters. The average Bonchev–Trinajstić information content (AvgIpc) is 3.78. The molecule has 0 saturated heterocycles. The summed E-state index contributed by atoms with van der Waals surface area (Å²) in [6, 6.07) is 70.3. The number of hydrogen-bond acceptors (Lipinski definition) is 4. The van der Waals surface area contributed by atoms with E-state index < -0.39 is 0 Å². The van der Waals surface area contributed by atoms with Crippen LogP contribution in [0.25, 0.3) is 51.5 Å². The lowest BCUT2D eigenvalue weighted by atomic mass is 10.0. The molecule has 0 saturated carbocycles. The SMILES string of the molecule is c1ccc(-c2ccc(N(c3ccc4sc5ccccc5c4c3)c3cccc4sc5cc(N(c6ccccc6)c6ccccc6)ccc5c34)cc2)cc1. The molecule has 8 aromatic carbocycles. The van der Waals surface area contributed by atoms with E-state index in [9.17, 15) is 0 Å². The standard InChI is InChI=1S/C48H32N2S2/c1-4-13-33(14-5-1)34-23-25-37(26-24-34)50(38-28-30-45-42(31-38)40-19-10-11-21-44(40)51-45)43-20-12-22-46-48(43)41-29-27-39(32-47(41)52-46)49(35-15-6-2-7-16-35)36-17-8-3-9-18-36/h1-32H. The maximum atomic E-state index is 2.45. The fraction of sp³-hybridized carbons (Fsp3) is 0. The van der Waals surface area contributed by atoms with Crippen LogP contribution in [0.1, 0.15) is 0 Å². The lowest BCUT2D eigenvalue weighted by Gasteiger charge is -2.27. The van der Waals surface area contributed by atoms with E-state index in [1.165, 1.54) is 57.2 Å². The van der Waals surface area contributed by atoms with Gasteiger partial charge in [0.05, 0.1) is 5.69 Å². The van der Waals surface area contributed by atoms with Gasteiger partial charge in [0.1, 0.15) is 0 Å². The topological polar surface area (TPSA) is 6.48 Å². The van der Waals surface area contributed by atoms with Crippen LogP contribution in [0.15, 0.2) is 194 Å². The van der Waals surface area contributed by atoms with Crippen LogP contribution in [-0.4, -0.2) is 0 Å². The van der Waals surface area contributed by atoms with Crippen LogP contribution < -0.4 is 9.80 Å². The van der Waals surface area contributed by atoms with Crippen molar-refractivity contribution in [2.45, 2.75) is 0 Å². The summed E-state index contributed by atoms with van der Waals surface area (Å²) in [5.41, 5.74) is 9.28. The third kappa shape index (κ3) is 5.32. The zero-order chi connectivity index (χ0) is 34.4. The van der Waals surface area contributed by atoms with Gasteiger partial charge in [-0.15, -0.1) is 22.7 Å². The summed E-state index contributed by atoms with van der Waals surface area (Å²) in [4.78, 5) is 4.79. The Balaban J connectivity index is 1.16. The molecular formula is C48H32N2S2. The molecule has 0 aliphatic heterocycles. The van der Waals surface area contributed by atoms with E-state index in [2.05, 4.69) is 204 Å². The van der Waals surface area contributed by atoms with Crippen LogP contribution in [0.4, 0.5) is 34.1 Å². The number of hydrogen-bond donors (Lipinski definition) is 0. The Morgan fingerprint density at radius 2 is 0.827 bits per heavy atom. The Kier molecular flexibility index (Phi) is 7.56. The monoisotopic (exact) mass is 700 g/mol. The molecule has 0 amide bonds. The molecule has 4 heteroatoms. The minimum Gasteiger partial charge on any atom is -0.310 e. The summed E-state index contributed by atoms with van der Waals surface area (Å²) in [6.07, 6.45) is 0. The van der Waals surface area contributed by atoms with E-state index in [1.807, 2.05) is 22.7 Å². The van der Waals surface area contributed by atoms with Crippen LogP contribution in [0.2, 0.25) is 0 Å². The van der Waals surface area contributed by atoms with Crippen LogP contribution in [-0.2, 0) is 0 Å². The van der Waals surface area contributed by atoms with Gasteiger partial charge in [-0.25, -0.2) is 0 Å². The van der Waals surface area contributed by atoms with Crippen molar-refractivity contribution in [3.8, 4) is 11.1 Å². The number of benzene rings is 8. The molecule has 52 heavy (non-hydrogen) atoms. The summed E-state index contributed by atoms with van der Waals surface area (Å²) in [5.74, 6) is 0. The minimum absolute atomic E-state index is 1.13. The maximum Gasteiger partial charge on any atom is 0.0554 e. The van der Waals surface area contributed by atoms with Crippen molar-refractivity contribution in [1.29, 1.82) is 0 Å². The van der Waals surface area contributed by atoms with Crippen LogP contribution in [0, 0.1) is 0 Å². The molecule has 10 rings (SSSR count). The Bertz CT molecular complexity index is 2800. The fourth-order valence-corrected chi connectivity index (χ4v) is 9.68. The molecule has 2 aromatic heterocycles. The number of anilines is 6. The molecule has 0 atom stereocenters. The van der Waals surface area contributed by atoms with E-state index in [0.29, 0.717) is 0 Å². The summed E-state index contributed by atoms with van der Waals surface area (Å²) >= 11 is 3.72. The normalized spacial score (nSPS) is 11.5. The van der Waals surface area contributed by atoms with Gasteiger partial charge in [0, 0.05) is 68.8 Å². The van der Waals surface area contributed by atoms with Crippen molar-refractivity contribution >= 4 is 97.1 Å². The highest BCUT2D eigenvalue weighted by Gasteiger charge is 2.21. The van der Waals surface area contributed by atoms with Crippen molar-refractivity contribution < 1.29 is 0 Å². The molecule has 0 N–H and O–H groups in total. The molecule has 2 heterocycles. The van der Waals surface area contributed by atoms with E-state index in [-0.39, 0.29) is 0 Å². The Hall–Kier alpha value is -6.20. The highest BCUT2D eigenvalue weighted by molar-refractivity contribution is 7.26. The Morgan fingerprint density at radius 1 is 0.288 bits per heavy atom. The molecule has 246 valence electrons. The smallest absolute Gasteiger partial charge is 0.0554 e. The highest BCUT2D eigenvalue weighted by Crippen LogP contribution is 2.48. The van der Waals surface area contributed by atoms with Crippen molar-refractivity contribution in [2.75, 3.05) is 9.80 Å². The van der Waals surface area contributed by atoms with Crippen LogP contribution in [0.3, 0.4) is 0 Å². The zero-order valence-corrected chi connectivity index (χ0v) is 29.8. The lowest BCUT2D eigenvalue weighted by molar-refractivity contribution is 1.29.